The van der Waals surface area contributed by atoms with Crippen LogP contribution in [-0.4, -0.2) is 29.5 Å². The summed E-state index contributed by atoms with van der Waals surface area (Å²) in [6.07, 6.45) is 0. The third-order valence-electron chi connectivity index (χ3n) is 3.38. The monoisotopic (exact) mass is 390 g/mol. The van der Waals surface area contributed by atoms with Gasteiger partial charge in [-0.2, -0.15) is 0 Å². The van der Waals surface area contributed by atoms with E-state index in [0.29, 0.717) is 12.1 Å². The van der Waals surface area contributed by atoms with Gasteiger partial charge in [-0.3, -0.25) is 60.7 Å². The van der Waals surface area contributed by atoms with E-state index >= 15 is 0 Å². The van der Waals surface area contributed by atoms with Crippen LogP contribution in [0.15, 0.2) is 18.2 Å². The summed E-state index contributed by atoms with van der Waals surface area (Å²) in [7, 11) is 0. The third-order valence-corrected chi connectivity index (χ3v) is 3.38. The van der Waals surface area contributed by atoms with Gasteiger partial charge in [0.05, 0.1) is 0 Å². The Morgan fingerprint density at radius 1 is 0.556 bits per heavy atom. The molecule has 27 heavy (non-hydrogen) atoms. The Balaban J connectivity index is 4.09. The Morgan fingerprint density at radius 3 is 0.963 bits per heavy atom. The molecular weight excluding hydrogens is 384 g/mol. The molecule has 0 fully saturated rings. The van der Waals surface area contributed by atoms with Crippen molar-refractivity contribution >= 4 is 0 Å². The topological polar surface area (TPSA) is 259 Å². The molecule has 1 aromatic carbocycles. The molecule has 0 aliphatic rings. The lowest BCUT2D eigenvalue weighted by Gasteiger charge is -2.12. The fourth-order valence-corrected chi connectivity index (χ4v) is 2.20. The molecule has 0 aliphatic carbocycles. The Morgan fingerprint density at radius 2 is 0.778 bits per heavy atom. The standard InChI is InChI=1S/C9H6N6O12/c1-5-2-6(8(10(16)17,11(18)19)12(20)21)4-7(3-5)9(13(22)23,14(24)25)15(26)27/h2-4H,1H3. The summed E-state index contributed by atoms with van der Waals surface area (Å²) < 4.78 is 0. The van der Waals surface area contributed by atoms with Crippen molar-refractivity contribution in [3.8, 4) is 0 Å². The molecular formula is C9H6N6O12. The fraction of sp³-hybridized carbons (Fsp3) is 0.333. The van der Waals surface area contributed by atoms with Crippen molar-refractivity contribution in [3.05, 3.63) is 95.6 Å². The van der Waals surface area contributed by atoms with Crippen LogP contribution in [0.4, 0.5) is 0 Å². The molecule has 0 saturated carbocycles. The Kier molecular flexibility index (Phi) is 4.97. The van der Waals surface area contributed by atoms with E-state index in [4.69, 9.17) is 0 Å². The van der Waals surface area contributed by atoms with Gasteiger partial charge in [-0.05, 0) is 30.7 Å². The lowest BCUT2D eigenvalue weighted by atomic mass is 9.98. The van der Waals surface area contributed by atoms with E-state index in [-0.39, 0.29) is 6.07 Å². The number of aryl methyl sites for hydroxylation is 1. The molecule has 144 valence electrons. The van der Waals surface area contributed by atoms with Gasteiger partial charge in [0, 0.05) is 0 Å². The maximum absolute atomic E-state index is 11.1. The van der Waals surface area contributed by atoms with Crippen molar-refractivity contribution in [3.63, 3.8) is 0 Å². The first-order chi connectivity index (χ1) is 12.3. The minimum Gasteiger partial charge on any atom is -0.252 e. The van der Waals surface area contributed by atoms with Crippen LogP contribution in [0.3, 0.4) is 0 Å². The van der Waals surface area contributed by atoms with Crippen LogP contribution in [0.2, 0.25) is 0 Å². The normalized spacial score (nSPS) is 11.4. The number of hydrogen-bond acceptors (Lipinski definition) is 12. The van der Waals surface area contributed by atoms with E-state index in [1.165, 1.54) is 0 Å². The second-order valence-electron chi connectivity index (χ2n) is 4.90. The SMILES string of the molecule is Cc1cc(C([N+](=O)[O-])([N+](=O)[O-])[N+](=O)[O-])cc(C([N+](=O)[O-])([N+](=O)[O-])[N+](=O)[O-])c1. The molecule has 0 unspecified atom stereocenters. The molecule has 0 heterocycles. The van der Waals surface area contributed by atoms with Gasteiger partial charge in [0.1, 0.15) is 0 Å². The molecule has 0 atom stereocenters. The highest BCUT2D eigenvalue weighted by Crippen LogP contribution is 2.34. The zero-order valence-electron chi connectivity index (χ0n) is 12.8. The lowest BCUT2D eigenvalue weighted by molar-refractivity contribution is -0.987. The highest BCUT2D eigenvalue weighted by atomic mass is 16.7. The van der Waals surface area contributed by atoms with Crippen LogP contribution >= 0.6 is 0 Å². The zero-order chi connectivity index (χ0) is 21.3. The number of hydrogen-bond donors (Lipinski definition) is 0. The molecule has 0 amide bonds. The maximum Gasteiger partial charge on any atom is 0.728 e. The van der Waals surface area contributed by atoms with E-state index in [1.54, 1.807) is 0 Å². The Labute approximate surface area is 144 Å². The number of nitro groups is 6. The van der Waals surface area contributed by atoms with Gasteiger partial charge in [0.15, 0.2) is 40.7 Å². The van der Waals surface area contributed by atoms with Crippen LogP contribution in [0.25, 0.3) is 0 Å². The second-order valence-corrected chi connectivity index (χ2v) is 4.90. The van der Waals surface area contributed by atoms with Crippen LogP contribution in [-0.2, 0) is 11.6 Å². The molecule has 0 radical (unpaired) electrons. The van der Waals surface area contributed by atoms with E-state index in [0.717, 1.165) is 6.92 Å². The van der Waals surface area contributed by atoms with Crippen molar-refractivity contribution in [1.82, 2.24) is 0 Å². The zero-order valence-corrected chi connectivity index (χ0v) is 12.8. The summed E-state index contributed by atoms with van der Waals surface area (Å²) in [4.78, 5) is 54.9. The summed E-state index contributed by atoms with van der Waals surface area (Å²) >= 11 is 0. The van der Waals surface area contributed by atoms with E-state index in [1.807, 2.05) is 0 Å². The van der Waals surface area contributed by atoms with Gasteiger partial charge in [-0.1, -0.05) is 0 Å². The average Bonchev–Trinajstić information content (AvgIpc) is 2.45. The van der Waals surface area contributed by atoms with Gasteiger partial charge in [-0.15, -0.1) is 0 Å². The van der Waals surface area contributed by atoms with Crippen molar-refractivity contribution in [1.29, 1.82) is 0 Å². The second kappa shape index (κ2) is 6.50. The fourth-order valence-electron chi connectivity index (χ4n) is 2.20. The predicted octanol–water partition coefficient (Wildman–Crippen LogP) is -0.124. The molecule has 0 bridgehead atoms. The molecule has 18 nitrogen and oxygen atoms in total. The molecule has 0 spiro atoms. The molecule has 18 heteroatoms. The minimum absolute atomic E-state index is 0.0458. The van der Waals surface area contributed by atoms with Gasteiger partial charge < -0.3 is 0 Å². The van der Waals surface area contributed by atoms with Crippen molar-refractivity contribution in [2.24, 2.45) is 0 Å². The molecule has 1 aromatic rings. The highest BCUT2D eigenvalue weighted by Gasteiger charge is 2.76. The van der Waals surface area contributed by atoms with Crippen molar-refractivity contribution in [2.75, 3.05) is 0 Å². The summed E-state index contributed by atoms with van der Waals surface area (Å²) in [5.41, 5.74) is -3.31. The van der Waals surface area contributed by atoms with Gasteiger partial charge in [0.25, 0.3) is 0 Å². The summed E-state index contributed by atoms with van der Waals surface area (Å²) in [6, 6.07) is 0.931. The molecule has 1 rings (SSSR count). The molecule has 0 N–H and O–H groups in total. The lowest BCUT2D eigenvalue weighted by Crippen LogP contribution is -2.52. The van der Waals surface area contributed by atoms with Gasteiger partial charge in [0.2, 0.25) is 0 Å². The van der Waals surface area contributed by atoms with Crippen LogP contribution < -0.4 is 0 Å². The molecule has 0 aliphatic heterocycles. The Bertz CT molecular complexity index is 755. The smallest absolute Gasteiger partial charge is 0.252 e. The Hall–Kier alpha value is -4.38. The first kappa shape index (κ1) is 20.7. The first-order valence-corrected chi connectivity index (χ1v) is 6.26. The minimum atomic E-state index is -4.30. The van der Waals surface area contributed by atoms with Crippen LogP contribution in [0.5, 0.6) is 0 Å². The van der Waals surface area contributed by atoms with Crippen molar-refractivity contribution in [2.45, 2.75) is 18.5 Å². The average molecular weight is 390 g/mol. The van der Waals surface area contributed by atoms with E-state index < -0.39 is 57.8 Å². The maximum atomic E-state index is 11.1. The third kappa shape index (κ3) is 2.69. The molecule has 0 saturated heterocycles. The van der Waals surface area contributed by atoms with Gasteiger partial charge in [-0.25, -0.2) is 0 Å². The first-order valence-electron chi connectivity index (χ1n) is 6.26. The summed E-state index contributed by atoms with van der Waals surface area (Å²) in [5, 5.41) is 66.6. The summed E-state index contributed by atoms with van der Waals surface area (Å²) in [5.74, 6) is -8.59. The van der Waals surface area contributed by atoms with Gasteiger partial charge >= 0.3 is 11.6 Å². The predicted molar refractivity (Wildman–Crippen MR) is 76.5 cm³/mol. The van der Waals surface area contributed by atoms with E-state index in [2.05, 4.69) is 0 Å². The largest absolute Gasteiger partial charge is 0.728 e. The quantitative estimate of drug-likeness (QED) is 0.319. The molecule has 0 aromatic heterocycles. The van der Waals surface area contributed by atoms with Crippen molar-refractivity contribution < 1.29 is 29.5 Å². The number of benzene rings is 1. The number of nitrogens with zero attached hydrogens (tertiary/aromatic N) is 6. The van der Waals surface area contributed by atoms with Crippen LogP contribution in [0, 0.1) is 67.6 Å². The number of rotatable bonds is 8. The van der Waals surface area contributed by atoms with E-state index in [9.17, 15) is 60.7 Å². The highest BCUT2D eigenvalue weighted by molar-refractivity contribution is 5.32. The van der Waals surface area contributed by atoms with Crippen LogP contribution in [0.1, 0.15) is 16.7 Å². The summed E-state index contributed by atoms with van der Waals surface area (Å²) in [6.45, 7) is 0.961.